The molecule has 1 fully saturated rings. The molecule has 0 spiro atoms. The molecular weight excluding hydrogens is 460 g/mol. The van der Waals surface area contributed by atoms with Crippen LogP contribution in [0.5, 0.6) is 0 Å². The number of likely N-dealkylation sites (tertiary alicyclic amines) is 1. The Bertz CT molecular complexity index is 1430. The maximum absolute atomic E-state index is 12.6. The van der Waals surface area contributed by atoms with E-state index in [1.807, 2.05) is 83.3 Å². The largest absolute Gasteiger partial charge is 0.478 e. The molecule has 2 N–H and O–H groups in total. The highest BCUT2D eigenvalue weighted by atomic mass is 32.2. The molecule has 4 aromatic rings. The van der Waals surface area contributed by atoms with Crippen molar-refractivity contribution in [2.24, 2.45) is 0 Å². The Morgan fingerprint density at radius 2 is 1.77 bits per heavy atom. The SMILES string of the molecule is CSc1nc2ccc(NC(=O)N3CCCC3)cc2n1-c1ccc(-c2ccccc2)c(C(=O)O)c1C. The zero-order valence-corrected chi connectivity index (χ0v) is 20.4. The Morgan fingerprint density at radius 3 is 2.46 bits per heavy atom. The highest BCUT2D eigenvalue weighted by Gasteiger charge is 2.22. The highest BCUT2D eigenvalue weighted by Crippen LogP contribution is 2.35. The van der Waals surface area contributed by atoms with Crippen molar-refractivity contribution in [3.63, 3.8) is 0 Å². The molecule has 35 heavy (non-hydrogen) atoms. The van der Waals surface area contributed by atoms with Crippen LogP contribution >= 0.6 is 11.8 Å². The van der Waals surface area contributed by atoms with Crippen LogP contribution in [-0.4, -0.2) is 50.9 Å². The van der Waals surface area contributed by atoms with Gasteiger partial charge in [0.2, 0.25) is 0 Å². The Hall–Kier alpha value is -3.78. The molecule has 0 unspecified atom stereocenters. The predicted octanol–water partition coefficient (Wildman–Crippen LogP) is 6.05. The lowest BCUT2D eigenvalue weighted by atomic mass is 9.94. The van der Waals surface area contributed by atoms with Crippen molar-refractivity contribution in [3.8, 4) is 16.8 Å². The summed E-state index contributed by atoms with van der Waals surface area (Å²) in [5.74, 6) is -0.975. The van der Waals surface area contributed by atoms with Crippen LogP contribution in [0.25, 0.3) is 27.8 Å². The zero-order chi connectivity index (χ0) is 24.5. The number of carbonyl (C=O) groups is 2. The second-order valence-corrected chi connectivity index (χ2v) is 9.34. The van der Waals surface area contributed by atoms with Crippen LogP contribution in [-0.2, 0) is 0 Å². The summed E-state index contributed by atoms with van der Waals surface area (Å²) in [5.41, 5.74) is 5.45. The van der Waals surface area contributed by atoms with Gasteiger partial charge in [-0.05, 0) is 67.0 Å². The topological polar surface area (TPSA) is 87.5 Å². The van der Waals surface area contributed by atoms with E-state index >= 15 is 0 Å². The van der Waals surface area contributed by atoms with Crippen molar-refractivity contribution in [3.05, 3.63) is 71.8 Å². The molecule has 1 aliphatic heterocycles. The number of benzene rings is 3. The smallest absolute Gasteiger partial charge is 0.336 e. The first-order valence-corrected chi connectivity index (χ1v) is 12.8. The van der Waals surface area contributed by atoms with Gasteiger partial charge in [-0.3, -0.25) is 4.57 Å². The normalized spacial score (nSPS) is 13.4. The molecule has 2 heterocycles. The number of aromatic nitrogens is 2. The average molecular weight is 487 g/mol. The summed E-state index contributed by atoms with van der Waals surface area (Å²) in [6.07, 6.45) is 4.00. The summed E-state index contributed by atoms with van der Waals surface area (Å²) >= 11 is 1.49. The number of aromatic carboxylic acids is 1. The van der Waals surface area contributed by atoms with Crippen molar-refractivity contribution in [1.29, 1.82) is 0 Å². The number of rotatable bonds is 5. The van der Waals surface area contributed by atoms with Crippen molar-refractivity contribution >= 4 is 40.5 Å². The van der Waals surface area contributed by atoms with Crippen LogP contribution in [0, 0.1) is 6.92 Å². The molecule has 5 rings (SSSR count). The van der Waals surface area contributed by atoms with Crippen LogP contribution in [0.4, 0.5) is 10.5 Å². The maximum Gasteiger partial charge on any atom is 0.336 e. The number of carboxylic acids is 1. The van der Waals surface area contributed by atoms with Gasteiger partial charge in [0.15, 0.2) is 5.16 Å². The van der Waals surface area contributed by atoms with Gasteiger partial charge in [0.25, 0.3) is 0 Å². The number of fused-ring (bicyclic) bond motifs is 1. The van der Waals surface area contributed by atoms with E-state index in [0.29, 0.717) is 16.8 Å². The molecule has 0 aliphatic carbocycles. The number of imidazole rings is 1. The van der Waals surface area contributed by atoms with Gasteiger partial charge in [0.1, 0.15) is 0 Å². The summed E-state index contributed by atoms with van der Waals surface area (Å²) in [7, 11) is 0. The van der Waals surface area contributed by atoms with E-state index in [-0.39, 0.29) is 11.6 Å². The van der Waals surface area contributed by atoms with Crippen molar-refractivity contribution < 1.29 is 14.7 Å². The van der Waals surface area contributed by atoms with E-state index in [4.69, 9.17) is 4.98 Å². The Labute approximate surface area is 207 Å². The Morgan fingerprint density at radius 1 is 1.03 bits per heavy atom. The summed E-state index contributed by atoms with van der Waals surface area (Å²) in [6.45, 7) is 3.38. The van der Waals surface area contributed by atoms with Gasteiger partial charge in [-0.15, -0.1) is 0 Å². The third kappa shape index (κ3) is 4.25. The Kier molecular flexibility index (Phi) is 6.21. The molecular formula is C27H26N4O3S. The van der Waals surface area contributed by atoms with E-state index in [1.54, 1.807) is 0 Å². The van der Waals surface area contributed by atoms with Gasteiger partial charge in [-0.1, -0.05) is 48.2 Å². The fourth-order valence-electron chi connectivity index (χ4n) is 4.70. The fourth-order valence-corrected chi connectivity index (χ4v) is 5.27. The van der Waals surface area contributed by atoms with Crippen molar-refractivity contribution in [1.82, 2.24) is 14.5 Å². The molecule has 1 aliphatic rings. The number of nitrogens with one attached hydrogen (secondary N) is 1. The van der Waals surface area contributed by atoms with E-state index in [2.05, 4.69) is 5.32 Å². The molecule has 7 nitrogen and oxygen atoms in total. The Balaban J connectivity index is 1.63. The minimum Gasteiger partial charge on any atom is -0.478 e. The van der Waals surface area contributed by atoms with E-state index in [0.717, 1.165) is 53.4 Å². The zero-order valence-electron chi connectivity index (χ0n) is 19.6. The first-order valence-electron chi connectivity index (χ1n) is 11.5. The average Bonchev–Trinajstić information content (AvgIpc) is 3.52. The lowest BCUT2D eigenvalue weighted by Crippen LogP contribution is -2.32. The van der Waals surface area contributed by atoms with Gasteiger partial charge in [0.05, 0.1) is 22.3 Å². The van der Waals surface area contributed by atoms with Crippen LogP contribution < -0.4 is 5.32 Å². The van der Waals surface area contributed by atoms with Crippen LogP contribution in [0.3, 0.4) is 0 Å². The first-order chi connectivity index (χ1) is 17.0. The number of hydrogen-bond acceptors (Lipinski definition) is 4. The molecule has 1 saturated heterocycles. The quantitative estimate of drug-likeness (QED) is 0.335. The van der Waals surface area contributed by atoms with Crippen LogP contribution in [0.1, 0.15) is 28.8 Å². The maximum atomic E-state index is 12.6. The molecule has 8 heteroatoms. The van der Waals surface area contributed by atoms with Crippen molar-refractivity contribution in [2.45, 2.75) is 24.9 Å². The van der Waals surface area contributed by atoms with Crippen LogP contribution in [0.15, 0.2) is 65.8 Å². The predicted molar refractivity (Wildman–Crippen MR) is 140 cm³/mol. The lowest BCUT2D eigenvalue weighted by molar-refractivity contribution is 0.0697. The molecule has 3 aromatic carbocycles. The van der Waals surface area contributed by atoms with Crippen LogP contribution in [0.2, 0.25) is 0 Å². The summed E-state index contributed by atoms with van der Waals surface area (Å²) in [6, 6.07) is 18.9. The number of nitrogens with zero attached hydrogens (tertiary/aromatic N) is 3. The van der Waals surface area contributed by atoms with Gasteiger partial charge < -0.3 is 15.3 Å². The first kappa shape index (κ1) is 23.0. The van der Waals surface area contributed by atoms with Gasteiger partial charge in [-0.2, -0.15) is 0 Å². The van der Waals surface area contributed by atoms with E-state index in [1.165, 1.54) is 11.8 Å². The number of carbonyl (C=O) groups excluding carboxylic acids is 1. The summed E-state index contributed by atoms with van der Waals surface area (Å²) in [4.78, 5) is 31.6. The number of thioether (sulfide) groups is 1. The number of hydrogen-bond donors (Lipinski definition) is 2. The fraction of sp³-hybridized carbons (Fsp3) is 0.222. The van der Waals surface area contributed by atoms with Gasteiger partial charge in [0, 0.05) is 18.8 Å². The number of anilines is 1. The summed E-state index contributed by atoms with van der Waals surface area (Å²) < 4.78 is 1.97. The molecule has 178 valence electrons. The van der Waals surface area contributed by atoms with Crippen molar-refractivity contribution in [2.75, 3.05) is 24.7 Å². The second kappa shape index (κ2) is 9.46. The molecule has 0 atom stereocenters. The monoisotopic (exact) mass is 486 g/mol. The molecule has 0 bridgehead atoms. The standard InChI is InChI=1S/C27H26N4O3S/c1-17-22(13-11-20(24(17)25(32)33)18-8-4-3-5-9-18)31-23-16-19(10-12-21(23)29-27(31)35-2)28-26(34)30-14-6-7-15-30/h3-5,8-13,16H,6-7,14-15H2,1-2H3,(H,28,34)(H,32,33). The molecule has 2 amide bonds. The molecule has 0 radical (unpaired) electrons. The third-order valence-electron chi connectivity index (χ3n) is 6.43. The van der Waals surface area contributed by atoms with E-state index in [9.17, 15) is 14.7 Å². The second-order valence-electron chi connectivity index (χ2n) is 8.57. The lowest BCUT2D eigenvalue weighted by Gasteiger charge is -2.18. The number of amides is 2. The van der Waals surface area contributed by atoms with Gasteiger partial charge in [-0.25, -0.2) is 14.6 Å². The minimum atomic E-state index is -0.975. The number of carboxylic acid groups (broad SMARTS) is 1. The summed E-state index contributed by atoms with van der Waals surface area (Å²) in [5, 5.41) is 13.9. The molecule has 1 aromatic heterocycles. The third-order valence-corrected chi connectivity index (χ3v) is 7.07. The van der Waals surface area contributed by atoms with E-state index < -0.39 is 5.97 Å². The molecule has 0 saturated carbocycles. The highest BCUT2D eigenvalue weighted by molar-refractivity contribution is 7.98. The number of urea groups is 1. The van der Waals surface area contributed by atoms with Gasteiger partial charge >= 0.3 is 12.0 Å². The minimum absolute atomic E-state index is 0.102.